The molecule has 1 aromatic rings. The van der Waals surface area contributed by atoms with E-state index >= 15 is 0 Å². The minimum atomic E-state index is -0.519. The monoisotopic (exact) mass is 299 g/mol. The average molecular weight is 299 g/mol. The zero-order valence-electron chi connectivity index (χ0n) is 13.3. The topological polar surface area (TPSA) is 41.5 Å². The van der Waals surface area contributed by atoms with E-state index < -0.39 is 6.10 Å². The van der Waals surface area contributed by atoms with Crippen LogP contribution in [0.5, 0.6) is 11.5 Å². The third kappa shape index (κ3) is 1.28. The van der Waals surface area contributed by atoms with Crippen LogP contribution in [0.3, 0.4) is 0 Å². The molecule has 1 aromatic carbocycles. The zero-order chi connectivity index (χ0) is 15.3. The zero-order valence-corrected chi connectivity index (χ0v) is 13.3. The summed E-state index contributed by atoms with van der Waals surface area (Å²) in [6.45, 7) is 1.97. The summed E-state index contributed by atoms with van der Waals surface area (Å²) in [4.78, 5) is 0. The summed E-state index contributed by atoms with van der Waals surface area (Å²) in [5, 5.41) is 12.2. The first-order chi connectivity index (χ1) is 10.4. The van der Waals surface area contributed by atoms with Crippen molar-refractivity contribution in [3.63, 3.8) is 0 Å². The first-order valence-electron chi connectivity index (χ1n) is 7.97. The minimum Gasteiger partial charge on any atom is -0.851 e. The van der Waals surface area contributed by atoms with Crippen LogP contribution in [0.15, 0.2) is 24.3 Å². The first-order valence-corrected chi connectivity index (χ1v) is 7.97. The summed E-state index contributed by atoms with van der Waals surface area (Å²) in [5.41, 5.74) is 2.17. The van der Waals surface area contributed by atoms with E-state index in [1.165, 1.54) is 11.1 Å². The molecule has 0 bridgehead atoms. The van der Waals surface area contributed by atoms with Crippen molar-refractivity contribution in [2.24, 2.45) is 5.41 Å². The second kappa shape index (κ2) is 3.52. The average Bonchev–Trinajstić information content (AvgIpc) is 2.84. The van der Waals surface area contributed by atoms with Crippen LogP contribution in [-0.2, 0) is 12.0 Å². The Kier molecular flexibility index (Phi) is 2.07. The predicted octanol–water partition coefficient (Wildman–Crippen LogP) is 0.973. The Balaban J connectivity index is 1.77. The highest BCUT2D eigenvalue weighted by atomic mass is 16.5. The van der Waals surface area contributed by atoms with Crippen LogP contribution in [0, 0.1) is 5.41 Å². The van der Waals surface area contributed by atoms with Gasteiger partial charge in [-0.1, -0.05) is 18.6 Å². The molecule has 2 aliphatic carbocycles. The molecule has 0 saturated heterocycles. The minimum absolute atomic E-state index is 0.0507. The van der Waals surface area contributed by atoms with E-state index in [0.29, 0.717) is 6.42 Å². The van der Waals surface area contributed by atoms with Crippen LogP contribution in [0.1, 0.15) is 17.5 Å². The SMILES string of the molecule is COc1ccc2c3c1OC1C3(C=CC13CC3[O-])C[N+](C)(C)C2. The van der Waals surface area contributed by atoms with Crippen molar-refractivity contribution in [3.05, 3.63) is 35.4 Å². The molecule has 1 saturated carbocycles. The molecule has 4 unspecified atom stereocenters. The molecule has 1 fully saturated rings. The normalized spacial score (nSPS) is 42.0. The highest BCUT2D eigenvalue weighted by Gasteiger charge is 2.69. The Morgan fingerprint density at radius 1 is 1.32 bits per heavy atom. The van der Waals surface area contributed by atoms with E-state index in [1.54, 1.807) is 7.11 Å². The maximum Gasteiger partial charge on any atom is 0.166 e. The Morgan fingerprint density at radius 3 is 2.77 bits per heavy atom. The number of fused-ring (bicyclic) bond motifs is 1. The standard InChI is InChI=1S/C18H21NO3/c1-19(2)9-11-4-5-12(21-3)15-14(11)18(10-19)7-6-17(8-13(17)20)16(18)22-15/h4-7,13,16H,8-10H2,1-3H3. The fraction of sp³-hybridized carbons (Fsp3) is 0.556. The van der Waals surface area contributed by atoms with Gasteiger partial charge >= 0.3 is 0 Å². The van der Waals surface area contributed by atoms with Crippen molar-refractivity contribution in [1.29, 1.82) is 0 Å². The van der Waals surface area contributed by atoms with E-state index in [4.69, 9.17) is 9.47 Å². The van der Waals surface area contributed by atoms with E-state index in [0.717, 1.165) is 29.1 Å². The van der Waals surface area contributed by atoms with Gasteiger partial charge in [0.05, 0.1) is 27.7 Å². The fourth-order valence-corrected chi connectivity index (χ4v) is 5.18. The molecule has 0 aromatic heterocycles. The van der Waals surface area contributed by atoms with Gasteiger partial charge in [0.2, 0.25) is 0 Å². The molecule has 2 aliphatic heterocycles. The lowest BCUT2D eigenvalue weighted by atomic mass is 9.72. The van der Waals surface area contributed by atoms with Crippen molar-refractivity contribution in [2.45, 2.75) is 30.6 Å². The van der Waals surface area contributed by atoms with Gasteiger partial charge in [0.15, 0.2) is 11.5 Å². The summed E-state index contributed by atoms with van der Waals surface area (Å²) < 4.78 is 12.9. The highest BCUT2D eigenvalue weighted by molar-refractivity contribution is 5.63. The van der Waals surface area contributed by atoms with Gasteiger partial charge in [0.1, 0.15) is 18.1 Å². The molecule has 116 valence electrons. The summed E-state index contributed by atoms with van der Waals surface area (Å²) in [7, 11) is 6.21. The molecule has 4 aliphatic rings. The molecule has 5 rings (SSSR count). The second-order valence-corrected chi connectivity index (χ2v) is 8.06. The number of methoxy groups -OCH3 is 1. The molecule has 4 heteroatoms. The Bertz CT molecular complexity index is 725. The van der Waals surface area contributed by atoms with Crippen LogP contribution in [-0.4, -0.2) is 44.4 Å². The van der Waals surface area contributed by atoms with Gasteiger partial charge in [-0.3, -0.25) is 0 Å². The maximum absolute atomic E-state index is 12.2. The van der Waals surface area contributed by atoms with Crippen molar-refractivity contribution in [2.75, 3.05) is 27.7 Å². The molecule has 0 radical (unpaired) electrons. The van der Waals surface area contributed by atoms with Crippen LogP contribution in [0.25, 0.3) is 0 Å². The number of likely N-dealkylation sites (N-methyl/N-ethyl adjacent to an activating group) is 1. The molecule has 22 heavy (non-hydrogen) atoms. The number of hydrogen-bond acceptors (Lipinski definition) is 3. The first kappa shape index (κ1) is 13.0. The van der Waals surface area contributed by atoms with Crippen molar-refractivity contribution >= 4 is 0 Å². The van der Waals surface area contributed by atoms with Crippen LogP contribution in [0.2, 0.25) is 0 Å². The van der Waals surface area contributed by atoms with Crippen molar-refractivity contribution < 1.29 is 19.1 Å². The highest BCUT2D eigenvalue weighted by Crippen LogP contribution is 2.67. The molecule has 2 spiro atoms. The van der Waals surface area contributed by atoms with Gasteiger partial charge in [-0.05, 0) is 12.1 Å². The smallest absolute Gasteiger partial charge is 0.166 e. The summed E-state index contributed by atoms with van der Waals surface area (Å²) in [5.74, 6) is 1.68. The third-order valence-corrected chi connectivity index (χ3v) is 6.04. The number of quaternary nitrogens is 1. The maximum atomic E-state index is 12.2. The van der Waals surface area contributed by atoms with Gasteiger partial charge in [-0.15, -0.1) is 6.10 Å². The van der Waals surface area contributed by atoms with Gasteiger partial charge in [-0.25, -0.2) is 0 Å². The molecule has 2 heterocycles. The largest absolute Gasteiger partial charge is 0.851 e. The third-order valence-electron chi connectivity index (χ3n) is 6.04. The lowest BCUT2D eigenvalue weighted by Gasteiger charge is -2.44. The second-order valence-electron chi connectivity index (χ2n) is 8.06. The number of rotatable bonds is 1. The fourth-order valence-electron chi connectivity index (χ4n) is 5.18. The van der Waals surface area contributed by atoms with E-state index in [1.807, 2.05) is 6.07 Å². The lowest BCUT2D eigenvalue weighted by Crippen LogP contribution is -2.56. The van der Waals surface area contributed by atoms with E-state index in [2.05, 4.69) is 32.3 Å². The molecule has 0 N–H and O–H groups in total. The summed E-state index contributed by atoms with van der Waals surface area (Å²) in [6, 6.07) is 4.18. The quantitative estimate of drug-likeness (QED) is 0.573. The molecule has 4 atom stereocenters. The van der Waals surface area contributed by atoms with Gasteiger partial charge in [0, 0.05) is 16.5 Å². The number of hydrogen-bond donors (Lipinski definition) is 0. The molecule has 4 nitrogen and oxygen atoms in total. The molecule has 0 amide bonds. The van der Waals surface area contributed by atoms with E-state index in [-0.39, 0.29) is 16.9 Å². The van der Waals surface area contributed by atoms with Crippen LogP contribution < -0.4 is 14.6 Å². The summed E-state index contributed by atoms with van der Waals surface area (Å²) >= 11 is 0. The van der Waals surface area contributed by atoms with Gasteiger partial charge in [0.25, 0.3) is 0 Å². The number of benzene rings is 1. The predicted molar refractivity (Wildman–Crippen MR) is 79.7 cm³/mol. The van der Waals surface area contributed by atoms with Gasteiger partial charge in [-0.2, -0.15) is 0 Å². The van der Waals surface area contributed by atoms with E-state index in [9.17, 15) is 5.11 Å². The van der Waals surface area contributed by atoms with Gasteiger partial charge < -0.3 is 19.1 Å². The Labute approximate surface area is 130 Å². The molecular formula is C18H21NO3. The lowest BCUT2D eigenvalue weighted by molar-refractivity contribution is -0.909. The Hall–Kier alpha value is -1.52. The van der Waals surface area contributed by atoms with Crippen molar-refractivity contribution in [1.82, 2.24) is 0 Å². The Morgan fingerprint density at radius 2 is 2.09 bits per heavy atom. The number of nitrogens with zero attached hydrogens (tertiary/aromatic N) is 1. The van der Waals surface area contributed by atoms with Crippen molar-refractivity contribution in [3.8, 4) is 11.5 Å². The number of ether oxygens (including phenoxy) is 2. The molecular weight excluding hydrogens is 278 g/mol. The van der Waals surface area contributed by atoms with Crippen LogP contribution in [0.4, 0.5) is 0 Å². The summed E-state index contributed by atoms with van der Waals surface area (Å²) in [6.07, 6.45) is 4.57. The van der Waals surface area contributed by atoms with Crippen LogP contribution >= 0.6 is 0 Å².